The van der Waals surface area contributed by atoms with E-state index in [9.17, 15) is 4.39 Å². The minimum Gasteiger partial charge on any atom is -0.330 e. The molecule has 0 bridgehead atoms. The third kappa shape index (κ3) is 5.29. The lowest BCUT2D eigenvalue weighted by Crippen LogP contribution is -2.23. The molecule has 2 nitrogen and oxygen atoms in total. The Labute approximate surface area is 104 Å². The van der Waals surface area contributed by atoms with Crippen molar-refractivity contribution in [2.75, 3.05) is 26.7 Å². The van der Waals surface area contributed by atoms with Gasteiger partial charge in [-0.3, -0.25) is 0 Å². The maximum atomic E-state index is 13.1. The number of rotatable bonds is 7. The number of halogens is 1. The Hall–Kier alpha value is -0.930. The van der Waals surface area contributed by atoms with Crippen LogP contribution >= 0.6 is 0 Å². The Kier molecular flexibility index (Phi) is 6.16. The number of hydrogen-bond acceptors (Lipinski definition) is 2. The molecule has 2 N–H and O–H groups in total. The minimum atomic E-state index is -0.120. The summed E-state index contributed by atoms with van der Waals surface area (Å²) in [5, 5.41) is 0. The van der Waals surface area contributed by atoms with E-state index < -0.39 is 0 Å². The Morgan fingerprint density at radius 3 is 2.65 bits per heavy atom. The summed E-state index contributed by atoms with van der Waals surface area (Å²) in [6.07, 6.45) is 3.20. The SMILES string of the molecule is Cc1cc(CCN(C)CCCCN)ccc1F. The molecule has 0 heterocycles. The molecule has 0 aliphatic rings. The Morgan fingerprint density at radius 2 is 2.00 bits per heavy atom. The van der Waals surface area contributed by atoms with E-state index in [4.69, 9.17) is 5.73 Å². The average Bonchev–Trinajstić information content (AvgIpc) is 2.31. The molecular weight excluding hydrogens is 215 g/mol. The quantitative estimate of drug-likeness (QED) is 0.739. The van der Waals surface area contributed by atoms with Crippen molar-refractivity contribution in [2.24, 2.45) is 5.73 Å². The van der Waals surface area contributed by atoms with E-state index in [2.05, 4.69) is 11.9 Å². The summed E-state index contributed by atoms with van der Waals surface area (Å²) >= 11 is 0. The van der Waals surface area contributed by atoms with Crippen LogP contribution in [-0.4, -0.2) is 31.6 Å². The van der Waals surface area contributed by atoms with Gasteiger partial charge in [0.1, 0.15) is 5.82 Å². The van der Waals surface area contributed by atoms with Gasteiger partial charge < -0.3 is 10.6 Å². The fourth-order valence-corrected chi connectivity index (χ4v) is 1.82. The molecule has 0 unspecified atom stereocenters. The molecule has 0 aliphatic carbocycles. The fraction of sp³-hybridized carbons (Fsp3) is 0.571. The second-order valence-electron chi connectivity index (χ2n) is 4.63. The fourth-order valence-electron chi connectivity index (χ4n) is 1.82. The van der Waals surface area contributed by atoms with E-state index in [1.54, 1.807) is 6.07 Å². The van der Waals surface area contributed by atoms with Gasteiger partial charge in [-0.2, -0.15) is 0 Å². The molecule has 0 aromatic heterocycles. The molecule has 1 aromatic rings. The van der Waals surface area contributed by atoms with E-state index in [0.29, 0.717) is 0 Å². The van der Waals surface area contributed by atoms with Crippen LogP contribution in [0.1, 0.15) is 24.0 Å². The van der Waals surface area contributed by atoms with E-state index in [-0.39, 0.29) is 5.82 Å². The number of nitrogens with two attached hydrogens (primary N) is 1. The second kappa shape index (κ2) is 7.41. The van der Waals surface area contributed by atoms with Crippen LogP contribution in [0.25, 0.3) is 0 Å². The maximum Gasteiger partial charge on any atom is 0.126 e. The summed E-state index contributed by atoms with van der Waals surface area (Å²) in [5.74, 6) is -0.120. The Bertz CT molecular complexity index is 339. The predicted octanol–water partition coefficient (Wildman–Crippen LogP) is 2.35. The topological polar surface area (TPSA) is 29.3 Å². The Balaban J connectivity index is 2.31. The normalized spacial score (nSPS) is 11.1. The van der Waals surface area contributed by atoms with Crippen molar-refractivity contribution in [2.45, 2.75) is 26.2 Å². The van der Waals surface area contributed by atoms with Crippen LogP contribution in [0.5, 0.6) is 0 Å². The zero-order valence-corrected chi connectivity index (χ0v) is 10.9. The van der Waals surface area contributed by atoms with E-state index in [1.807, 2.05) is 19.1 Å². The van der Waals surface area contributed by atoms with Gasteiger partial charge in [-0.05, 0) is 63.5 Å². The highest BCUT2D eigenvalue weighted by Gasteiger charge is 2.02. The predicted molar refractivity (Wildman–Crippen MR) is 70.6 cm³/mol. The molecule has 0 fully saturated rings. The minimum absolute atomic E-state index is 0.120. The van der Waals surface area contributed by atoms with Crippen LogP contribution in [0.3, 0.4) is 0 Å². The van der Waals surface area contributed by atoms with Crippen molar-refractivity contribution in [1.82, 2.24) is 4.90 Å². The highest BCUT2D eigenvalue weighted by molar-refractivity contribution is 5.24. The summed E-state index contributed by atoms with van der Waals surface area (Å²) in [5.41, 5.74) is 7.39. The summed E-state index contributed by atoms with van der Waals surface area (Å²) in [6, 6.07) is 5.36. The molecule has 1 aromatic carbocycles. The van der Waals surface area contributed by atoms with Crippen molar-refractivity contribution in [1.29, 1.82) is 0 Å². The van der Waals surface area contributed by atoms with Gasteiger partial charge in [0, 0.05) is 6.54 Å². The van der Waals surface area contributed by atoms with Crippen molar-refractivity contribution < 1.29 is 4.39 Å². The lowest BCUT2D eigenvalue weighted by molar-refractivity contribution is 0.331. The number of unbranched alkanes of at least 4 members (excludes halogenated alkanes) is 1. The van der Waals surface area contributed by atoms with Crippen LogP contribution in [-0.2, 0) is 6.42 Å². The molecule has 1 rings (SSSR count). The number of nitrogens with zero attached hydrogens (tertiary/aromatic N) is 1. The van der Waals surface area contributed by atoms with Crippen molar-refractivity contribution in [3.63, 3.8) is 0 Å². The number of likely N-dealkylation sites (N-methyl/N-ethyl adjacent to an activating group) is 1. The van der Waals surface area contributed by atoms with E-state index in [1.165, 1.54) is 5.56 Å². The van der Waals surface area contributed by atoms with Gasteiger partial charge >= 0.3 is 0 Å². The van der Waals surface area contributed by atoms with Gasteiger partial charge in [-0.1, -0.05) is 12.1 Å². The van der Waals surface area contributed by atoms with E-state index >= 15 is 0 Å². The largest absolute Gasteiger partial charge is 0.330 e. The van der Waals surface area contributed by atoms with Gasteiger partial charge in [-0.15, -0.1) is 0 Å². The first-order chi connectivity index (χ1) is 8.13. The molecule has 0 amide bonds. The first kappa shape index (κ1) is 14.1. The first-order valence-electron chi connectivity index (χ1n) is 6.27. The van der Waals surface area contributed by atoms with Gasteiger partial charge in [0.25, 0.3) is 0 Å². The standard InChI is InChI=1S/C14H23FN2/c1-12-11-13(5-6-14(12)15)7-10-17(2)9-4-3-8-16/h5-6,11H,3-4,7-10,16H2,1-2H3. The first-order valence-corrected chi connectivity index (χ1v) is 6.27. The molecule has 0 radical (unpaired) electrons. The Morgan fingerprint density at radius 1 is 1.24 bits per heavy atom. The number of aryl methyl sites for hydroxylation is 1. The third-order valence-corrected chi connectivity index (χ3v) is 3.00. The lowest BCUT2D eigenvalue weighted by Gasteiger charge is -2.16. The summed E-state index contributed by atoms with van der Waals surface area (Å²) in [4.78, 5) is 2.30. The van der Waals surface area contributed by atoms with Crippen LogP contribution in [0.4, 0.5) is 4.39 Å². The maximum absolute atomic E-state index is 13.1. The molecule has 3 heteroatoms. The zero-order valence-electron chi connectivity index (χ0n) is 10.9. The van der Waals surface area contributed by atoms with Crippen LogP contribution in [0.15, 0.2) is 18.2 Å². The van der Waals surface area contributed by atoms with Crippen molar-refractivity contribution >= 4 is 0 Å². The van der Waals surface area contributed by atoms with Crippen molar-refractivity contribution in [3.05, 3.63) is 35.1 Å². The highest BCUT2D eigenvalue weighted by Crippen LogP contribution is 2.10. The van der Waals surface area contributed by atoms with Crippen LogP contribution < -0.4 is 5.73 Å². The highest BCUT2D eigenvalue weighted by atomic mass is 19.1. The number of benzene rings is 1. The molecular formula is C14H23FN2. The molecule has 0 saturated carbocycles. The lowest BCUT2D eigenvalue weighted by atomic mass is 10.1. The molecule has 0 spiro atoms. The smallest absolute Gasteiger partial charge is 0.126 e. The third-order valence-electron chi connectivity index (χ3n) is 3.00. The zero-order chi connectivity index (χ0) is 12.7. The van der Waals surface area contributed by atoms with Gasteiger partial charge in [0.2, 0.25) is 0 Å². The van der Waals surface area contributed by atoms with Gasteiger partial charge in [0.15, 0.2) is 0 Å². The molecule has 0 aliphatic heterocycles. The second-order valence-corrected chi connectivity index (χ2v) is 4.63. The van der Waals surface area contributed by atoms with Crippen LogP contribution in [0.2, 0.25) is 0 Å². The number of hydrogen-bond donors (Lipinski definition) is 1. The molecule has 0 atom stereocenters. The van der Waals surface area contributed by atoms with Crippen molar-refractivity contribution in [3.8, 4) is 0 Å². The summed E-state index contributed by atoms with van der Waals surface area (Å²) in [6.45, 7) is 4.67. The summed E-state index contributed by atoms with van der Waals surface area (Å²) in [7, 11) is 2.12. The van der Waals surface area contributed by atoms with Gasteiger partial charge in [-0.25, -0.2) is 4.39 Å². The monoisotopic (exact) mass is 238 g/mol. The van der Waals surface area contributed by atoms with E-state index in [0.717, 1.165) is 44.5 Å². The summed E-state index contributed by atoms with van der Waals surface area (Å²) < 4.78 is 13.1. The molecule has 17 heavy (non-hydrogen) atoms. The molecule has 96 valence electrons. The average molecular weight is 238 g/mol. The van der Waals surface area contributed by atoms with Gasteiger partial charge in [0.05, 0.1) is 0 Å². The van der Waals surface area contributed by atoms with Crippen LogP contribution in [0, 0.1) is 12.7 Å². The molecule has 0 saturated heterocycles.